The van der Waals surface area contributed by atoms with Crippen LogP contribution < -0.4 is 0 Å². The van der Waals surface area contributed by atoms with Crippen molar-refractivity contribution in [3.63, 3.8) is 0 Å². The highest BCUT2D eigenvalue weighted by Gasteiger charge is 2.34. The molecule has 2 nitrogen and oxygen atoms in total. The quantitative estimate of drug-likeness (QED) is 0.769. The summed E-state index contributed by atoms with van der Waals surface area (Å²) in [7, 11) is -1.88. The zero-order valence-corrected chi connectivity index (χ0v) is 9.76. The minimum Gasteiger partial charge on any atom is -0.235 e. The van der Waals surface area contributed by atoms with Gasteiger partial charge in [0.2, 0.25) is 0 Å². The van der Waals surface area contributed by atoms with Crippen molar-refractivity contribution >= 4 is 22.8 Å². The second-order valence-electron chi connectivity index (χ2n) is 3.14. The van der Waals surface area contributed by atoms with Crippen molar-refractivity contribution in [3.8, 4) is 0 Å². The number of benzene rings is 1. The third-order valence-electron chi connectivity index (χ3n) is 1.75. The maximum absolute atomic E-state index is 12.5. The number of allylic oxidation sites excluding steroid dienone is 1. The third-order valence-corrected chi connectivity index (χ3v) is 2.20. The highest BCUT2D eigenvalue weighted by molar-refractivity contribution is 7.83. The minimum absolute atomic E-state index is 0.617. The zero-order valence-electron chi connectivity index (χ0n) is 8.94. The Morgan fingerprint density at radius 2 is 1.88 bits per heavy atom. The van der Waals surface area contributed by atoms with E-state index in [0.29, 0.717) is 5.56 Å². The van der Waals surface area contributed by atoms with Crippen molar-refractivity contribution in [2.24, 2.45) is 4.40 Å². The molecule has 0 aliphatic heterocycles. The van der Waals surface area contributed by atoms with Gasteiger partial charge in [-0.25, -0.2) is 4.21 Å². The summed E-state index contributed by atoms with van der Waals surface area (Å²) in [5, 5.41) is 0. The predicted octanol–water partition coefficient (Wildman–Crippen LogP) is 3.00. The molecular formula is C11H10F3NOS. The molecule has 1 atom stereocenters. The number of hydrogen-bond donors (Lipinski definition) is 0. The first-order valence-electron chi connectivity index (χ1n) is 4.62. The third kappa shape index (κ3) is 4.95. The SMILES string of the molecule is CS(=O)N=C(/C=C/c1ccccc1)C(F)(F)F. The molecule has 6 heteroatoms. The summed E-state index contributed by atoms with van der Waals surface area (Å²) in [5.74, 6) is 0. The molecule has 0 amide bonds. The lowest BCUT2D eigenvalue weighted by atomic mass is 10.2. The first-order valence-corrected chi connectivity index (χ1v) is 6.13. The van der Waals surface area contributed by atoms with E-state index in [9.17, 15) is 17.4 Å². The Kier molecular flexibility index (Phi) is 4.62. The number of alkyl halides is 3. The van der Waals surface area contributed by atoms with Gasteiger partial charge in [-0.2, -0.15) is 17.6 Å². The van der Waals surface area contributed by atoms with E-state index in [1.54, 1.807) is 30.3 Å². The van der Waals surface area contributed by atoms with Crippen molar-refractivity contribution in [1.29, 1.82) is 0 Å². The number of halogens is 3. The topological polar surface area (TPSA) is 29.4 Å². The molecule has 1 aromatic rings. The Bertz CT molecular complexity index is 452. The minimum atomic E-state index is -4.60. The fraction of sp³-hybridized carbons (Fsp3) is 0.182. The molecule has 0 aliphatic rings. The van der Waals surface area contributed by atoms with Crippen LogP contribution in [0.4, 0.5) is 13.2 Å². The van der Waals surface area contributed by atoms with E-state index in [-0.39, 0.29) is 0 Å². The fourth-order valence-corrected chi connectivity index (χ4v) is 1.50. The number of hydrogen-bond acceptors (Lipinski definition) is 1. The van der Waals surface area contributed by atoms with Crippen LogP contribution in [-0.2, 0) is 11.0 Å². The Morgan fingerprint density at radius 3 is 2.35 bits per heavy atom. The average Bonchev–Trinajstić information content (AvgIpc) is 2.23. The summed E-state index contributed by atoms with van der Waals surface area (Å²) in [5.41, 5.74) is -0.534. The molecule has 92 valence electrons. The van der Waals surface area contributed by atoms with E-state index in [2.05, 4.69) is 4.40 Å². The smallest absolute Gasteiger partial charge is 0.235 e. The van der Waals surface area contributed by atoms with Crippen molar-refractivity contribution in [2.45, 2.75) is 6.18 Å². The van der Waals surface area contributed by atoms with Crippen LogP contribution in [0.1, 0.15) is 5.56 Å². The summed E-state index contributed by atoms with van der Waals surface area (Å²) in [6.07, 6.45) is -1.42. The number of nitrogens with zero attached hydrogens (tertiary/aromatic N) is 1. The summed E-state index contributed by atoms with van der Waals surface area (Å²) in [6, 6.07) is 8.50. The first kappa shape index (κ1) is 13.6. The lowest BCUT2D eigenvalue weighted by Gasteiger charge is -2.04. The van der Waals surface area contributed by atoms with Gasteiger partial charge in [-0.3, -0.25) is 0 Å². The molecule has 0 N–H and O–H groups in total. The second kappa shape index (κ2) is 5.77. The van der Waals surface area contributed by atoms with Gasteiger partial charge in [0.15, 0.2) is 5.71 Å². The van der Waals surface area contributed by atoms with E-state index >= 15 is 0 Å². The molecule has 1 aromatic carbocycles. The molecule has 0 bridgehead atoms. The van der Waals surface area contributed by atoms with Crippen LogP contribution in [0.15, 0.2) is 40.8 Å². The lowest BCUT2D eigenvalue weighted by Crippen LogP contribution is -2.21. The van der Waals surface area contributed by atoms with Gasteiger partial charge in [0.05, 0.1) is 0 Å². The largest absolute Gasteiger partial charge is 0.434 e. The van der Waals surface area contributed by atoms with Gasteiger partial charge in [-0.05, 0) is 11.6 Å². The van der Waals surface area contributed by atoms with E-state index in [1.165, 1.54) is 6.08 Å². The van der Waals surface area contributed by atoms with E-state index in [0.717, 1.165) is 12.3 Å². The summed E-state index contributed by atoms with van der Waals surface area (Å²) in [6.45, 7) is 0. The van der Waals surface area contributed by atoms with Crippen LogP contribution in [0.5, 0.6) is 0 Å². The average molecular weight is 261 g/mol. The normalized spacial score (nSPS) is 15.2. The van der Waals surface area contributed by atoms with Gasteiger partial charge in [0.25, 0.3) is 0 Å². The van der Waals surface area contributed by atoms with Crippen molar-refractivity contribution in [2.75, 3.05) is 6.26 Å². The monoisotopic (exact) mass is 261 g/mol. The van der Waals surface area contributed by atoms with Crippen LogP contribution in [-0.4, -0.2) is 22.4 Å². The molecule has 1 unspecified atom stereocenters. The maximum Gasteiger partial charge on any atom is 0.434 e. The second-order valence-corrected chi connectivity index (χ2v) is 4.17. The van der Waals surface area contributed by atoms with Gasteiger partial charge in [0, 0.05) is 6.26 Å². The predicted molar refractivity (Wildman–Crippen MR) is 63.0 cm³/mol. The first-order chi connectivity index (χ1) is 7.89. The van der Waals surface area contributed by atoms with Gasteiger partial charge < -0.3 is 0 Å². The van der Waals surface area contributed by atoms with Crippen molar-refractivity contribution in [3.05, 3.63) is 42.0 Å². The van der Waals surface area contributed by atoms with Crippen LogP contribution in [0.2, 0.25) is 0 Å². The molecule has 0 aromatic heterocycles. The molecule has 17 heavy (non-hydrogen) atoms. The van der Waals surface area contributed by atoms with Gasteiger partial charge in [-0.15, -0.1) is 0 Å². The standard InChI is InChI=1S/C11H10F3NOS/c1-17(16)15-10(11(12,13)14)8-7-9-5-3-2-4-6-9/h2-8H,1H3/b8-7+,15-10?. The zero-order chi connectivity index (χ0) is 12.9. The van der Waals surface area contributed by atoms with Crippen LogP contribution in [0.25, 0.3) is 6.08 Å². The Hall–Kier alpha value is -1.43. The molecule has 0 heterocycles. The highest BCUT2D eigenvalue weighted by atomic mass is 32.2. The van der Waals surface area contributed by atoms with E-state index < -0.39 is 22.9 Å². The Morgan fingerprint density at radius 1 is 1.29 bits per heavy atom. The molecule has 0 saturated heterocycles. The molecule has 1 rings (SSSR count). The Labute approximate surface area is 99.5 Å². The van der Waals surface area contributed by atoms with Crippen molar-refractivity contribution in [1.82, 2.24) is 0 Å². The maximum atomic E-state index is 12.5. The lowest BCUT2D eigenvalue weighted by molar-refractivity contribution is -0.0574. The molecule has 0 fully saturated rings. The van der Waals surface area contributed by atoms with Gasteiger partial charge >= 0.3 is 6.18 Å². The highest BCUT2D eigenvalue weighted by Crippen LogP contribution is 2.19. The summed E-state index contributed by atoms with van der Waals surface area (Å²) >= 11 is 0. The molecule has 0 spiro atoms. The van der Waals surface area contributed by atoms with Crippen LogP contribution in [0.3, 0.4) is 0 Å². The van der Waals surface area contributed by atoms with Crippen LogP contribution in [0, 0.1) is 0 Å². The molecule has 0 radical (unpaired) electrons. The molecule has 0 aliphatic carbocycles. The van der Waals surface area contributed by atoms with E-state index in [1.807, 2.05) is 0 Å². The molecule has 0 saturated carbocycles. The van der Waals surface area contributed by atoms with Gasteiger partial charge in [-0.1, -0.05) is 36.4 Å². The van der Waals surface area contributed by atoms with E-state index in [4.69, 9.17) is 0 Å². The number of rotatable bonds is 3. The molecular weight excluding hydrogens is 251 g/mol. The Balaban J connectivity index is 2.96. The summed E-state index contributed by atoms with van der Waals surface area (Å²) < 4.78 is 51.1. The van der Waals surface area contributed by atoms with Gasteiger partial charge in [0.1, 0.15) is 11.0 Å². The summed E-state index contributed by atoms with van der Waals surface area (Å²) in [4.78, 5) is 0. The fourth-order valence-electron chi connectivity index (χ4n) is 1.05. The van der Waals surface area contributed by atoms with Crippen LogP contribution >= 0.6 is 0 Å². The van der Waals surface area contributed by atoms with Crippen molar-refractivity contribution < 1.29 is 17.4 Å².